The minimum absolute atomic E-state index is 0.130. The lowest BCUT2D eigenvalue weighted by Gasteiger charge is -2.08. The molecule has 0 fully saturated rings. The summed E-state index contributed by atoms with van der Waals surface area (Å²) in [6, 6.07) is 7.12. The lowest BCUT2D eigenvalue weighted by molar-refractivity contribution is 0.0950. The van der Waals surface area contributed by atoms with Crippen LogP contribution in [-0.2, 0) is 0 Å². The minimum Gasteiger partial charge on any atom is -0.496 e. The first kappa shape index (κ1) is 12.1. The van der Waals surface area contributed by atoms with Gasteiger partial charge in [0, 0.05) is 13.0 Å². The van der Waals surface area contributed by atoms with E-state index in [9.17, 15) is 4.79 Å². The number of ether oxygens (including phenoxy) is 1. The number of rotatable bonds is 5. The van der Waals surface area contributed by atoms with Gasteiger partial charge in [-0.15, -0.1) is 12.3 Å². The Kier molecular flexibility index (Phi) is 4.94. The van der Waals surface area contributed by atoms with Crippen molar-refractivity contribution in [3.8, 4) is 18.1 Å². The molecule has 0 atom stereocenters. The van der Waals surface area contributed by atoms with Gasteiger partial charge in [-0.3, -0.25) is 4.79 Å². The molecule has 0 unspecified atom stereocenters. The third-order valence-corrected chi connectivity index (χ3v) is 2.14. The van der Waals surface area contributed by atoms with Crippen LogP contribution in [0.15, 0.2) is 24.3 Å². The van der Waals surface area contributed by atoms with Crippen molar-refractivity contribution in [3.05, 3.63) is 29.8 Å². The first-order valence-electron chi connectivity index (χ1n) is 5.14. The Morgan fingerprint density at radius 1 is 1.50 bits per heavy atom. The van der Waals surface area contributed by atoms with E-state index in [1.54, 1.807) is 25.3 Å². The molecule has 84 valence electrons. The summed E-state index contributed by atoms with van der Waals surface area (Å²) in [6.45, 7) is 0.584. The Balaban J connectivity index is 2.56. The Labute approximate surface area is 95.8 Å². The van der Waals surface area contributed by atoms with Crippen molar-refractivity contribution < 1.29 is 9.53 Å². The lowest BCUT2D eigenvalue weighted by Crippen LogP contribution is -2.24. The summed E-state index contributed by atoms with van der Waals surface area (Å²) >= 11 is 0. The molecule has 1 aromatic rings. The number of para-hydroxylation sites is 1. The second kappa shape index (κ2) is 6.52. The van der Waals surface area contributed by atoms with Gasteiger partial charge in [-0.05, 0) is 18.6 Å². The topological polar surface area (TPSA) is 38.3 Å². The molecule has 0 radical (unpaired) electrons. The van der Waals surface area contributed by atoms with Crippen molar-refractivity contribution in [2.75, 3.05) is 13.7 Å². The summed E-state index contributed by atoms with van der Waals surface area (Å²) in [4.78, 5) is 11.7. The molecule has 0 saturated carbocycles. The minimum atomic E-state index is -0.130. The third-order valence-electron chi connectivity index (χ3n) is 2.14. The number of carbonyl (C=O) groups excluding carboxylic acids is 1. The van der Waals surface area contributed by atoms with Crippen molar-refractivity contribution in [2.45, 2.75) is 12.8 Å². The number of methoxy groups -OCH3 is 1. The fourth-order valence-corrected chi connectivity index (χ4v) is 1.32. The quantitative estimate of drug-likeness (QED) is 0.603. The number of nitrogens with one attached hydrogen (secondary N) is 1. The monoisotopic (exact) mass is 217 g/mol. The van der Waals surface area contributed by atoms with Crippen LogP contribution in [0.25, 0.3) is 0 Å². The normalized spacial score (nSPS) is 9.25. The van der Waals surface area contributed by atoms with Gasteiger partial charge in [-0.2, -0.15) is 0 Å². The Bertz CT molecular complexity index is 393. The van der Waals surface area contributed by atoms with Crippen LogP contribution in [0.2, 0.25) is 0 Å². The van der Waals surface area contributed by atoms with Gasteiger partial charge >= 0.3 is 0 Å². The highest BCUT2D eigenvalue weighted by Crippen LogP contribution is 2.16. The van der Waals surface area contributed by atoms with E-state index >= 15 is 0 Å². The summed E-state index contributed by atoms with van der Waals surface area (Å²) in [6.07, 6.45) is 6.58. The highest BCUT2D eigenvalue weighted by molar-refractivity contribution is 5.96. The molecule has 1 amide bonds. The first-order chi connectivity index (χ1) is 7.79. The summed E-state index contributed by atoms with van der Waals surface area (Å²) in [7, 11) is 1.55. The van der Waals surface area contributed by atoms with Gasteiger partial charge in [0.2, 0.25) is 0 Å². The zero-order chi connectivity index (χ0) is 11.8. The van der Waals surface area contributed by atoms with Crippen LogP contribution < -0.4 is 10.1 Å². The molecule has 16 heavy (non-hydrogen) atoms. The van der Waals surface area contributed by atoms with E-state index in [0.717, 1.165) is 6.42 Å². The van der Waals surface area contributed by atoms with Crippen molar-refractivity contribution in [2.24, 2.45) is 0 Å². The molecular weight excluding hydrogens is 202 g/mol. The SMILES string of the molecule is C#CCCCNC(=O)c1ccccc1OC. The average Bonchev–Trinajstić information content (AvgIpc) is 2.34. The molecule has 3 nitrogen and oxygen atoms in total. The fraction of sp³-hybridized carbons (Fsp3) is 0.308. The second-order valence-electron chi connectivity index (χ2n) is 3.26. The first-order valence-corrected chi connectivity index (χ1v) is 5.14. The highest BCUT2D eigenvalue weighted by Gasteiger charge is 2.09. The number of terminal acetylenes is 1. The van der Waals surface area contributed by atoms with Crippen molar-refractivity contribution >= 4 is 5.91 Å². The summed E-state index contributed by atoms with van der Waals surface area (Å²) in [5, 5.41) is 2.79. The maximum Gasteiger partial charge on any atom is 0.255 e. The Morgan fingerprint density at radius 2 is 2.25 bits per heavy atom. The Morgan fingerprint density at radius 3 is 2.94 bits per heavy atom. The smallest absolute Gasteiger partial charge is 0.255 e. The molecule has 1 N–H and O–H groups in total. The molecule has 0 aliphatic heterocycles. The Hall–Kier alpha value is -1.95. The molecular formula is C13H15NO2. The van der Waals surface area contributed by atoms with Crippen LogP contribution >= 0.6 is 0 Å². The fourth-order valence-electron chi connectivity index (χ4n) is 1.32. The van der Waals surface area contributed by atoms with Crippen molar-refractivity contribution in [1.29, 1.82) is 0 Å². The molecule has 0 bridgehead atoms. The molecule has 0 aliphatic carbocycles. The largest absolute Gasteiger partial charge is 0.496 e. The predicted octanol–water partition coefficient (Wildman–Crippen LogP) is 1.84. The van der Waals surface area contributed by atoms with E-state index in [1.807, 2.05) is 6.07 Å². The zero-order valence-electron chi connectivity index (χ0n) is 9.32. The van der Waals surface area contributed by atoms with E-state index < -0.39 is 0 Å². The van der Waals surface area contributed by atoms with E-state index in [1.165, 1.54) is 0 Å². The van der Waals surface area contributed by atoms with E-state index in [-0.39, 0.29) is 5.91 Å². The third kappa shape index (κ3) is 3.32. The summed E-state index contributed by atoms with van der Waals surface area (Å²) in [5.41, 5.74) is 0.547. The van der Waals surface area contributed by atoms with Crippen LogP contribution in [0, 0.1) is 12.3 Å². The molecule has 3 heteroatoms. The van der Waals surface area contributed by atoms with Gasteiger partial charge in [0.15, 0.2) is 0 Å². The molecule has 0 heterocycles. The molecule has 0 spiro atoms. The molecule has 0 saturated heterocycles. The highest BCUT2D eigenvalue weighted by atomic mass is 16.5. The van der Waals surface area contributed by atoms with Crippen LogP contribution in [-0.4, -0.2) is 19.6 Å². The van der Waals surface area contributed by atoms with Gasteiger partial charge in [0.1, 0.15) is 5.75 Å². The maximum absolute atomic E-state index is 11.7. The summed E-state index contributed by atoms with van der Waals surface area (Å²) in [5.74, 6) is 2.98. The van der Waals surface area contributed by atoms with E-state index in [0.29, 0.717) is 24.3 Å². The molecule has 1 aromatic carbocycles. The summed E-state index contributed by atoms with van der Waals surface area (Å²) < 4.78 is 5.10. The number of benzene rings is 1. The number of hydrogen-bond donors (Lipinski definition) is 1. The van der Waals surface area contributed by atoms with E-state index in [2.05, 4.69) is 11.2 Å². The number of amides is 1. The van der Waals surface area contributed by atoms with Gasteiger partial charge in [-0.1, -0.05) is 12.1 Å². The molecule has 0 aromatic heterocycles. The van der Waals surface area contributed by atoms with E-state index in [4.69, 9.17) is 11.2 Å². The second-order valence-corrected chi connectivity index (χ2v) is 3.26. The van der Waals surface area contributed by atoms with Gasteiger partial charge in [0.05, 0.1) is 12.7 Å². The number of unbranched alkanes of at least 4 members (excludes halogenated alkanes) is 1. The van der Waals surface area contributed by atoms with Gasteiger partial charge in [-0.25, -0.2) is 0 Å². The lowest BCUT2D eigenvalue weighted by atomic mass is 10.2. The molecule has 0 aliphatic rings. The van der Waals surface area contributed by atoms with Crippen LogP contribution in [0.4, 0.5) is 0 Å². The maximum atomic E-state index is 11.7. The standard InChI is InChI=1S/C13H15NO2/c1-3-4-7-10-14-13(15)11-8-5-6-9-12(11)16-2/h1,5-6,8-9H,4,7,10H2,2H3,(H,14,15). The van der Waals surface area contributed by atoms with Gasteiger partial charge in [0.25, 0.3) is 5.91 Å². The van der Waals surface area contributed by atoms with Crippen molar-refractivity contribution in [1.82, 2.24) is 5.32 Å². The van der Waals surface area contributed by atoms with Crippen LogP contribution in [0.1, 0.15) is 23.2 Å². The van der Waals surface area contributed by atoms with Crippen LogP contribution in [0.5, 0.6) is 5.75 Å². The predicted molar refractivity (Wildman–Crippen MR) is 63.4 cm³/mol. The molecule has 1 rings (SSSR count). The zero-order valence-corrected chi connectivity index (χ0v) is 9.32. The number of carbonyl (C=O) groups is 1. The van der Waals surface area contributed by atoms with Crippen molar-refractivity contribution in [3.63, 3.8) is 0 Å². The van der Waals surface area contributed by atoms with Gasteiger partial charge < -0.3 is 10.1 Å². The number of hydrogen-bond acceptors (Lipinski definition) is 2. The van der Waals surface area contributed by atoms with Crippen LogP contribution in [0.3, 0.4) is 0 Å². The average molecular weight is 217 g/mol.